The van der Waals surface area contributed by atoms with Crippen LogP contribution in [-0.4, -0.2) is 19.8 Å². The van der Waals surface area contributed by atoms with E-state index in [1.165, 1.54) is 6.07 Å². The molecule has 102 valence electrons. The molecular weight excluding hydrogens is 267 g/mol. The van der Waals surface area contributed by atoms with Gasteiger partial charge in [-0.2, -0.15) is 13.2 Å². The van der Waals surface area contributed by atoms with Crippen LogP contribution in [0.25, 0.3) is 0 Å². The first kappa shape index (κ1) is 15.1. The Morgan fingerprint density at radius 3 is 2.56 bits per heavy atom. The van der Waals surface area contributed by atoms with Crippen molar-refractivity contribution in [2.45, 2.75) is 19.5 Å². The fourth-order valence-electron chi connectivity index (χ4n) is 1.37. The molecule has 0 heterocycles. The van der Waals surface area contributed by atoms with Crippen LogP contribution in [0.4, 0.5) is 18.9 Å². The average Bonchev–Trinajstić information content (AvgIpc) is 2.27. The molecule has 6 heteroatoms. The number of nitrogens with one attached hydrogen (secondary N) is 1. The van der Waals surface area contributed by atoms with Gasteiger partial charge in [-0.05, 0) is 24.6 Å². The second-order valence-electron chi connectivity index (χ2n) is 3.77. The van der Waals surface area contributed by atoms with Crippen molar-refractivity contribution in [3.8, 4) is 0 Å². The fraction of sp³-hybridized carbons (Fsp3) is 0.500. The summed E-state index contributed by atoms with van der Waals surface area (Å²) in [4.78, 5) is 0. The maximum atomic E-state index is 12.5. The molecule has 0 spiro atoms. The molecule has 0 aliphatic heterocycles. The molecule has 0 unspecified atom stereocenters. The molecule has 1 N–H and O–H groups in total. The number of hydrogen-bond acceptors (Lipinski definition) is 2. The van der Waals surface area contributed by atoms with Gasteiger partial charge in [0, 0.05) is 23.9 Å². The minimum absolute atomic E-state index is 0.0572. The number of rotatable bonds is 6. The van der Waals surface area contributed by atoms with Gasteiger partial charge in [0.2, 0.25) is 0 Å². The Kier molecular flexibility index (Phi) is 5.75. The third kappa shape index (κ3) is 5.14. The van der Waals surface area contributed by atoms with E-state index in [2.05, 4.69) is 5.32 Å². The van der Waals surface area contributed by atoms with E-state index in [1.54, 1.807) is 0 Å². The van der Waals surface area contributed by atoms with Gasteiger partial charge in [-0.1, -0.05) is 18.5 Å². The van der Waals surface area contributed by atoms with E-state index in [0.717, 1.165) is 18.6 Å². The summed E-state index contributed by atoms with van der Waals surface area (Å²) in [6, 6.07) is 3.39. The first-order valence-electron chi connectivity index (χ1n) is 5.63. The maximum absolute atomic E-state index is 12.5. The van der Waals surface area contributed by atoms with Gasteiger partial charge >= 0.3 is 6.18 Å². The largest absolute Gasteiger partial charge is 0.416 e. The summed E-state index contributed by atoms with van der Waals surface area (Å²) in [7, 11) is 0. The van der Waals surface area contributed by atoms with E-state index in [1.807, 2.05) is 6.92 Å². The Morgan fingerprint density at radius 2 is 1.94 bits per heavy atom. The maximum Gasteiger partial charge on any atom is 0.416 e. The van der Waals surface area contributed by atoms with Crippen LogP contribution in [0.2, 0.25) is 5.02 Å². The van der Waals surface area contributed by atoms with Crippen LogP contribution < -0.4 is 5.32 Å². The Hall–Kier alpha value is -0.940. The molecule has 0 aliphatic rings. The summed E-state index contributed by atoms with van der Waals surface area (Å²) >= 11 is 5.65. The van der Waals surface area contributed by atoms with E-state index in [-0.39, 0.29) is 5.02 Å². The Bertz CT molecular complexity index is 382. The monoisotopic (exact) mass is 281 g/mol. The number of alkyl halides is 3. The second-order valence-corrected chi connectivity index (χ2v) is 4.20. The summed E-state index contributed by atoms with van der Waals surface area (Å²) in [5.74, 6) is 0. The third-order valence-corrected chi connectivity index (χ3v) is 2.37. The molecule has 0 bridgehead atoms. The van der Waals surface area contributed by atoms with Gasteiger partial charge in [-0.15, -0.1) is 0 Å². The van der Waals surface area contributed by atoms with Crippen molar-refractivity contribution in [1.82, 2.24) is 0 Å². The summed E-state index contributed by atoms with van der Waals surface area (Å²) in [6.45, 7) is 3.52. The van der Waals surface area contributed by atoms with Gasteiger partial charge in [0.25, 0.3) is 0 Å². The normalized spacial score (nSPS) is 11.6. The first-order valence-corrected chi connectivity index (χ1v) is 6.00. The second kappa shape index (κ2) is 6.85. The predicted octanol–water partition coefficient (Wildman–Crippen LogP) is 4.20. The molecular formula is C12H15ClF3NO. The number of ether oxygens (including phenoxy) is 1. The van der Waals surface area contributed by atoms with Crippen molar-refractivity contribution in [3.63, 3.8) is 0 Å². The number of hydrogen-bond donors (Lipinski definition) is 1. The van der Waals surface area contributed by atoms with E-state index < -0.39 is 11.7 Å². The zero-order valence-electron chi connectivity index (χ0n) is 9.98. The van der Waals surface area contributed by atoms with Crippen molar-refractivity contribution in [2.24, 2.45) is 0 Å². The highest BCUT2D eigenvalue weighted by Gasteiger charge is 2.31. The van der Waals surface area contributed by atoms with Crippen LogP contribution in [0, 0.1) is 0 Å². The highest BCUT2D eigenvalue weighted by atomic mass is 35.5. The van der Waals surface area contributed by atoms with Crippen molar-refractivity contribution in [1.29, 1.82) is 0 Å². The van der Waals surface area contributed by atoms with Crippen LogP contribution in [0.5, 0.6) is 0 Å². The zero-order valence-corrected chi connectivity index (χ0v) is 10.7. The summed E-state index contributed by atoms with van der Waals surface area (Å²) in [5, 5.41) is 2.90. The minimum atomic E-state index is -4.39. The Morgan fingerprint density at radius 1 is 1.22 bits per heavy atom. The number of anilines is 1. The third-order valence-electron chi connectivity index (χ3n) is 2.15. The SMILES string of the molecule is CCCOCCNc1cc(Cl)cc(C(F)(F)F)c1. The van der Waals surface area contributed by atoms with Crippen LogP contribution in [0.15, 0.2) is 18.2 Å². The molecule has 0 saturated heterocycles. The average molecular weight is 282 g/mol. The van der Waals surface area contributed by atoms with Crippen LogP contribution >= 0.6 is 11.6 Å². The van der Waals surface area contributed by atoms with Crippen molar-refractivity contribution in [2.75, 3.05) is 25.1 Å². The topological polar surface area (TPSA) is 21.3 Å². The molecule has 18 heavy (non-hydrogen) atoms. The molecule has 0 saturated carbocycles. The molecule has 0 radical (unpaired) electrons. The van der Waals surface area contributed by atoms with Gasteiger partial charge in [-0.3, -0.25) is 0 Å². The van der Waals surface area contributed by atoms with Gasteiger partial charge in [0.15, 0.2) is 0 Å². The molecule has 1 aromatic carbocycles. The standard InChI is InChI=1S/C12H15ClF3NO/c1-2-4-18-5-3-17-11-7-9(12(14,15)16)6-10(13)8-11/h6-8,17H,2-5H2,1H3. The van der Waals surface area contributed by atoms with E-state index >= 15 is 0 Å². The molecule has 1 aromatic rings. The van der Waals surface area contributed by atoms with Crippen molar-refractivity contribution >= 4 is 17.3 Å². The number of benzene rings is 1. The van der Waals surface area contributed by atoms with Crippen molar-refractivity contribution < 1.29 is 17.9 Å². The lowest BCUT2D eigenvalue weighted by Crippen LogP contribution is -2.11. The van der Waals surface area contributed by atoms with Gasteiger partial charge in [0.1, 0.15) is 0 Å². The lowest BCUT2D eigenvalue weighted by atomic mass is 10.2. The molecule has 0 amide bonds. The Balaban J connectivity index is 2.58. The summed E-state index contributed by atoms with van der Waals surface area (Å²) < 4.78 is 42.8. The molecule has 0 atom stereocenters. The van der Waals surface area contributed by atoms with Gasteiger partial charge < -0.3 is 10.1 Å². The van der Waals surface area contributed by atoms with Crippen LogP contribution in [0.1, 0.15) is 18.9 Å². The Labute approximate surface area is 109 Å². The molecule has 2 nitrogen and oxygen atoms in total. The molecule has 0 aromatic heterocycles. The van der Waals surface area contributed by atoms with E-state index in [4.69, 9.17) is 16.3 Å². The lowest BCUT2D eigenvalue weighted by Gasteiger charge is -2.11. The summed E-state index contributed by atoms with van der Waals surface area (Å²) in [5.41, 5.74) is -0.415. The first-order chi connectivity index (χ1) is 8.43. The fourth-order valence-corrected chi connectivity index (χ4v) is 1.60. The van der Waals surface area contributed by atoms with Crippen LogP contribution in [0.3, 0.4) is 0 Å². The van der Waals surface area contributed by atoms with E-state index in [0.29, 0.717) is 25.4 Å². The van der Waals surface area contributed by atoms with E-state index in [9.17, 15) is 13.2 Å². The zero-order chi connectivity index (χ0) is 13.6. The van der Waals surface area contributed by atoms with Gasteiger partial charge in [-0.25, -0.2) is 0 Å². The highest BCUT2D eigenvalue weighted by molar-refractivity contribution is 6.30. The smallest absolute Gasteiger partial charge is 0.383 e. The minimum Gasteiger partial charge on any atom is -0.383 e. The van der Waals surface area contributed by atoms with Crippen LogP contribution in [-0.2, 0) is 10.9 Å². The highest BCUT2D eigenvalue weighted by Crippen LogP contribution is 2.33. The molecule has 0 fully saturated rings. The number of halogens is 4. The van der Waals surface area contributed by atoms with Crippen molar-refractivity contribution in [3.05, 3.63) is 28.8 Å². The van der Waals surface area contributed by atoms with Gasteiger partial charge in [0.05, 0.1) is 12.2 Å². The summed E-state index contributed by atoms with van der Waals surface area (Å²) in [6.07, 6.45) is -3.48. The lowest BCUT2D eigenvalue weighted by molar-refractivity contribution is -0.137. The molecule has 1 rings (SSSR count). The molecule has 0 aliphatic carbocycles. The quantitative estimate of drug-likeness (QED) is 0.789. The predicted molar refractivity (Wildman–Crippen MR) is 66.1 cm³/mol.